The third-order valence-corrected chi connectivity index (χ3v) is 3.36. The summed E-state index contributed by atoms with van der Waals surface area (Å²) in [5.74, 6) is -0.810. The van der Waals surface area contributed by atoms with Gasteiger partial charge >= 0.3 is 5.97 Å². The predicted octanol–water partition coefficient (Wildman–Crippen LogP) is 4.25. The van der Waals surface area contributed by atoms with Crippen LogP contribution in [0.1, 0.15) is 11.1 Å². The molecular formula is C16H15ClFNO2. The quantitative estimate of drug-likeness (QED) is 0.858. The third kappa shape index (κ3) is 3.73. The fourth-order valence-electron chi connectivity index (χ4n) is 1.97. The van der Waals surface area contributed by atoms with Gasteiger partial charge in [-0.1, -0.05) is 35.4 Å². The Hall–Kier alpha value is -2.07. The molecule has 0 saturated heterocycles. The van der Waals surface area contributed by atoms with Gasteiger partial charge in [-0.25, -0.2) is 4.39 Å². The van der Waals surface area contributed by atoms with Crippen molar-refractivity contribution in [3.8, 4) is 0 Å². The largest absolute Gasteiger partial charge is 0.469 e. The second kappa shape index (κ2) is 6.59. The van der Waals surface area contributed by atoms with Gasteiger partial charge in [-0.15, -0.1) is 0 Å². The minimum Gasteiger partial charge on any atom is -0.469 e. The monoisotopic (exact) mass is 307 g/mol. The van der Waals surface area contributed by atoms with Gasteiger partial charge in [-0.05, 0) is 30.7 Å². The highest BCUT2D eigenvalue weighted by atomic mass is 35.5. The van der Waals surface area contributed by atoms with Crippen LogP contribution < -0.4 is 5.32 Å². The Kier molecular flexibility index (Phi) is 4.81. The fraction of sp³-hybridized carbons (Fsp3) is 0.188. The lowest BCUT2D eigenvalue weighted by Gasteiger charge is -2.14. The maximum Gasteiger partial charge on any atom is 0.310 e. The van der Waals surface area contributed by atoms with Crippen molar-refractivity contribution >= 4 is 28.9 Å². The van der Waals surface area contributed by atoms with Crippen molar-refractivity contribution in [3.63, 3.8) is 0 Å². The molecule has 5 heteroatoms. The third-order valence-electron chi connectivity index (χ3n) is 3.05. The first kappa shape index (κ1) is 15.3. The van der Waals surface area contributed by atoms with Gasteiger partial charge in [0.25, 0.3) is 0 Å². The summed E-state index contributed by atoms with van der Waals surface area (Å²) in [5, 5.41) is 3.23. The van der Waals surface area contributed by atoms with E-state index in [1.54, 1.807) is 12.1 Å². The highest BCUT2D eigenvalue weighted by molar-refractivity contribution is 6.33. The van der Waals surface area contributed by atoms with E-state index in [1.165, 1.54) is 19.2 Å². The molecule has 0 aliphatic rings. The molecule has 0 fully saturated rings. The van der Waals surface area contributed by atoms with Crippen molar-refractivity contribution in [1.29, 1.82) is 0 Å². The lowest BCUT2D eigenvalue weighted by molar-refractivity contribution is -0.139. The summed E-state index contributed by atoms with van der Waals surface area (Å²) < 4.78 is 18.5. The Morgan fingerprint density at radius 2 is 2.10 bits per heavy atom. The van der Waals surface area contributed by atoms with Crippen LogP contribution in [0.4, 0.5) is 15.8 Å². The summed E-state index contributed by atoms with van der Waals surface area (Å²) in [6.45, 7) is 1.92. The number of anilines is 2. The molecule has 0 saturated carbocycles. The Labute approximate surface area is 127 Å². The van der Waals surface area contributed by atoms with Crippen molar-refractivity contribution in [1.82, 2.24) is 0 Å². The number of rotatable bonds is 4. The van der Waals surface area contributed by atoms with E-state index in [4.69, 9.17) is 11.6 Å². The number of benzene rings is 2. The van der Waals surface area contributed by atoms with E-state index in [-0.39, 0.29) is 23.1 Å². The molecule has 1 N–H and O–H groups in total. The van der Waals surface area contributed by atoms with Gasteiger partial charge in [0.1, 0.15) is 5.82 Å². The number of hydrogen-bond donors (Lipinski definition) is 1. The van der Waals surface area contributed by atoms with Gasteiger partial charge in [0, 0.05) is 5.69 Å². The minimum atomic E-state index is -0.452. The molecular weight excluding hydrogens is 293 g/mol. The molecule has 110 valence electrons. The molecule has 2 rings (SSSR count). The zero-order chi connectivity index (χ0) is 15.4. The van der Waals surface area contributed by atoms with Crippen LogP contribution in [-0.2, 0) is 16.0 Å². The van der Waals surface area contributed by atoms with Crippen LogP contribution in [0.3, 0.4) is 0 Å². The molecule has 2 aromatic rings. The number of methoxy groups -OCH3 is 1. The molecule has 0 aromatic heterocycles. The first-order chi connectivity index (χ1) is 10.0. The van der Waals surface area contributed by atoms with Gasteiger partial charge in [-0.2, -0.15) is 0 Å². The molecule has 0 atom stereocenters. The molecule has 0 unspecified atom stereocenters. The van der Waals surface area contributed by atoms with E-state index in [2.05, 4.69) is 10.1 Å². The van der Waals surface area contributed by atoms with Crippen LogP contribution in [-0.4, -0.2) is 13.1 Å². The Morgan fingerprint density at radius 1 is 1.33 bits per heavy atom. The average Bonchev–Trinajstić information content (AvgIpc) is 2.45. The molecule has 3 nitrogen and oxygen atoms in total. The van der Waals surface area contributed by atoms with Crippen LogP contribution in [0.15, 0.2) is 36.4 Å². The standard InChI is InChI=1S/C16H15ClFNO2/c1-10-6-7-14(11(8-10)9-15(20)21-2)19-16-12(17)4-3-5-13(16)18/h3-8,19H,9H2,1-2H3. The van der Waals surface area contributed by atoms with E-state index in [0.29, 0.717) is 5.69 Å². The maximum atomic E-state index is 13.8. The highest BCUT2D eigenvalue weighted by Crippen LogP contribution is 2.30. The van der Waals surface area contributed by atoms with E-state index >= 15 is 0 Å². The second-order valence-corrected chi connectivity index (χ2v) is 5.04. The normalized spacial score (nSPS) is 10.3. The van der Waals surface area contributed by atoms with Gasteiger partial charge in [0.15, 0.2) is 0 Å². The number of ether oxygens (including phenoxy) is 1. The van der Waals surface area contributed by atoms with Crippen LogP contribution >= 0.6 is 11.6 Å². The second-order valence-electron chi connectivity index (χ2n) is 4.64. The number of esters is 1. The van der Waals surface area contributed by atoms with Crippen molar-refractivity contribution in [2.24, 2.45) is 0 Å². The molecule has 2 aromatic carbocycles. The van der Waals surface area contributed by atoms with Gasteiger partial charge in [0.2, 0.25) is 0 Å². The molecule has 0 heterocycles. The van der Waals surface area contributed by atoms with E-state index in [0.717, 1.165) is 11.1 Å². The molecule has 0 bridgehead atoms. The topological polar surface area (TPSA) is 38.3 Å². The molecule has 0 radical (unpaired) electrons. The van der Waals surface area contributed by atoms with Crippen LogP contribution in [0, 0.1) is 12.7 Å². The SMILES string of the molecule is COC(=O)Cc1cc(C)ccc1Nc1c(F)cccc1Cl. The molecule has 21 heavy (non-hydrogen) atoms. The number of para-hydroxylation sites is 1. The summed E-state index contributed by atoms with van der Waals surface area (Å²) in [5.41, 5.74) is 2.53. The maximum absolute atomic E-state index is 13.8. The number of nitrogens with one attached hydrogen (secondary N) is 1. The highest BCUT2D eigenvalue weighted by Gasteiger charge is 2.12. The minimum absolute atomic E-state index is 0.104. The van der Waals surface area contributed by atoms with E-state index in [1.807, 2.05) is 19.1 Å². The van der Waals surface area contributed by atoms with Gasteiger partial charge in [-0.3, -0.25) is 4.79 Å². The summed E-state index contributed by atoms with van der Waals surface area (Å²) in [6.07, 6.45) is 0.104. The Balaban J connectivity index is 2.37. The van der Waals surface area contributed by atoms with E-state index < -0.39 is 5.82 Å². The summed E-state index contributed by atoms with van der Waals surface area (Å²) in [4.78, 5) is 11.5. The molecule has 0 spiro atoms. The summed E-state index contributed by atoms with van der Waals surface area (Å²) in [6, 6.07) is 9.97. The lowest BCUT2D eigenvalue weighted by Crippen LogP contribution is -2.07. The van der Waals surface area contributed by atoms with E-state index in [9.17, 15) is 9.18 Å². The van der Waals surface area contributed by atoms with Gasteiger partial charge < -0.3 is 10.1 Å². The molecule has 0 amide bonds. The first-order valence-corrected chi connectivity index (χ1v) is 6.76. The van der Waals surface area contributed by atoms with Crippen molar-refractivity contribution in [3.05, 3.63) is 58.4 Å². The summed E-state index contributed by atoms with van der Waals surface area (Å²) >= 11 is 6.00. The van der Waals surface area contributed by atoms with Crippen molar-refractivity contribution in [2.45, 2.75) is 13.3 Å². The number of hydrogen-bond acceptors (Lipinski definition) is 3. The zero-order valence-electron chi connectivity index (χ0n) is 11.7. The zero-order valence-corrected chi connectivity index (χ0v) is 12.5. The van der Waals surface area contributed by atoms with Crippen LogP contribution in [0.5, 0.6) is 0 Å². The number of carbonyl (C=O) groups is 1. The molecule has 0 aliphatic heterocycles. The first-order valence-electron chi connectivity index (χ1n) is 6.38. The number of carbonyl (C=O) groups excluding carboxylic acids is 1. The summed E-state index contributed by atoms with van der Waals surface area (Å²) in [7, 11) is 1.33. The van der Waals surface area contributed by atoms with Gasteiger partial charge in [0.05, 0.1) is 24.2 Å². The van der Waals surface area contributed by atoms with Crippen molar-refractivity contribution < 1.29 is 13.9 Å². The lowest BCUT2D eigenvalue weighted by atomic mass is 10.1. The Morgan fingerprint density at radius 3 is 2.76 bits per heavy atom. The van der Waals surface area contributed by atoms with Crippen molar-refractivity contribution in [2.75, 3.05) is 12.4 Å². The molecule has 0 aliphatic carbocycles. The smallest absolute Gasteiger partial charge is 0.310 e. The van der Waals surface area contributed by atoms with Crippen LogP contribution in [0.25, 0.3) is 0 Å². The number of halogens is 2. The average molecular weight is 308 g/mol. The van der Waals surface area contributed by atoms with Crippen LogP contribution in [0.2, 0.25) is 5.02 Å². The fourth-order valence-corrected chi connectivity index (χ4v) is 2.18. The predicted molar refractivity (Wildman–Crippen MR) is 81.6 cm³/mol. The Bertz CT molecular complexity index is 653. The number of aryl methyl sites for hydroxylation is 1.